The van der Waals surface area contributed by atoms with Crippen LogP contribution in [0.5, 0.6) is 5.75 Å². The minimum atomic E-state index is -0.443. The summed E-state index contributed by atoms with van der Waals surface area (Å²) in [4.78, 5) is 11.3. The number of carbonyl (C=O) groups is 1. The molecule has 0 aliphatic carbocycles. The molecule has 0 fully saturated rings. The van der Waals surface area contributed by atoms with Crippen molar-refractivity contribution in [2.45, 2.75) is 19.9 Å². The van der Waals surface area contributed by atoms with Gasteiger partial charge >= 0.3 is 6.03 Å². The molecule has 0 heterocycles. The highest BCUT2D eigenvalue weighted by molar-refractivity contribution is 5.73. The smallest absolute Gasteiger partial charge is 0.315 e. The first-order valence-electron chi connectivity index (χ1n) is 6.21. The number of hydrogen-bond donors (Lipinski definition) is 3. The predicted molar refractivity (Wildman–Crippen MR) is 69.5 cm³/mol. The second-order valence-corrected chi connectivity index (χ2v) is 3.88. The number of hydrogen-bond acceptors (Lipinski definition) is 3. The molecule has 0 bridgehead atoms. The third-order valence-electron chi connectivity index (χ3n) is 2.37. The van der Waals surface area contributed by atoms with Crippen molar-refractivity contribution in [1.29, 1.82) is 0 Å². The fraction of sp³-hybridized carbons (Fsp3) is 0.462. The SMILES string of the molecule is CCOc1ccc(CNC(=O)NCCCO)cc1F. The lowest BCUT2D eigenvalue weighted by Gasteiger charge is -2.09. The molecule has 106 valence electrons. The topological polar surface area (TPSA) is 70.6 Å². The number of ether oxygens (including phenoxy) is 1. The average Bonchev–Trinajstić information content (AvgIpc) is 2.40. The van der Waals surface area contributed by atoms with Crippen molar-refractivity contribution in [3.63, 3.8) is 0 Å². The van der Waals surface area contributed by atoms with Gasteiger partial charge in [0.25, 0.3) is 0 Å². The molecular formula is C13H19FN2O3. The van der Waals surface area contributed by atoms with Crippen LogP contribution in [0.2, 0.25) is 0 Å². The Labute approximate surface area is 111 Å². The van der Waals surface area contributed by atoms with Crippen LogP contribution in [0.1, 0.15) is 18.9 Å². The number of aliphatic hydroxyl groups is 1. The van der Waals surface area contributed by atoms with E-state index in [0.29, 0.717) is 25.1 Å². The van der Waals surface area contributed by atoms with Gasteiger partial charge in [-0.25, -0.2) is 9.18 Å². The largest absolute Gasteiger partial charge is 0.491 e. The number of benzene rings is 1. The van der Waals surface area contributed by atoms with Gasteiger partial charge in [-0.3, -0.25) is 0 Å². The first-order valence-corrected chi connectivity index (χ1v) is 6.21. The Hall–Kier alpha value is -1.82. The molecule has 0 atom stereocenters. The van der Waals surface area contributed by atoms with E-state index in [1.54, 1.807) is 19.1 Å². The summed E-state index contributed by atoms with van der Waals surface area (Å²) in [5, 5.41) is 13.7. The van der Waals surface area contributed by atoms with E-state index >= 15 is 0 Å². The predicted octanol–water partition coefficient (Wildman–Crippen LogP) is 1.41. The quantitative estimate of drug-likeness (QED) is 0.656. The summed E-state index contributed by atoms with van der Waals surface area (Å²) < 4.78 is 18.6. The van der Waals surface area contributed by atoms with Crippen molar-refractivity contribution >= 4 is 6.03 Å². The number of halogens is 1. The van der Waals surface area contributed by atoms with Crippen LogP contribution in [0.3, 0.4) is 0 Å². The maximum atomic E-state index is 13.5. The van der Waals surface area contributed by atoms with Crippen LogP contribution in [-0.4, -0.2) is 30.9 Å². The molecule has 1 aromatic rings. The Bertz CT molecular complexity index is 413. The van der Waals surface area contributed by atoms with Crippen LogP contribution in [-0.2, 0) is 6.54 Å². The normalized spacial score (nSPS) is 10.1. The first-order chi connectivity index (χ1) is 9.17. The zero-order valence-electron chi connectivity index (χ0n) is 10.9. The number of nitrogens with one attached hydrogen (secondary N) is 2. The standard InChI is InChI=1S/C13H19FN2O3/c1-2-19-12-5-4-10(8-11(12)14)9-16-13(18)15-6-3-7-17/h4-5,8,17H,2-3,6-7,9H2,1H3,(H2,15,16,18). The zero-order valence-corrected chi connectivity index (χ0v) is 10.9. The van der Waals surface area contributed by atoms with Crippen LogP contribution in [0.15, 0.2) is 18.2 Å². The lowest BCUT2D eigenvalue weighted by atomic mass is 10.2. The van der Waals surface area contributed by atoms with Crippen LogP contribution in [0, 0.1) is 5.82 Å². The molecule has 0 aromatic heterocycles. The van der Waals surface area contributed by atoms with Gasteiger partial charge in [-0.1, -0.05) is 6.07 Å². The molecule has 0 radical (unpaired) electrons. The summed E-state index contributed by atoms with van der Waals surface area (Å²) in [5.41, 5.74) is 0.651. The van der Waals surface area contributed by atoms with E-state index in [-0.39, 0.29) is 24.9 Å². The number of amides is 2. The Morgan fingerprint density at radius 3 is 2.84 bits per heavy atom. The maximum absolute atomic E-state index is 13.5. The van der Waals surface area contributed by atoms with Crippen LogP contribution >= 0.6 is 0 Å². The summed E-state index contributed by atoms with van der Waals surface area (Å²) in [6, 6.07) is 4.23. The summed E-state index contributed by atoms with van der Waals surface area (Å²) in [5.74, 6) is -0.236. The molecule has 6 heteroatoms. The summed E-state index contributed by atoms with van der Waals surface area (Å²) in [7, 11) is 0. The van der Waals surface area contributed by atoms with Gasteiger partial charge < -0.3 is 20.5 Å². The van der Waals surface area contributed by atoms with Gasteiger partial charge in [0.05, 0.1) is 6.61 Å². The molecule has 0 aliphatic rings. The molecular weight excluding hydrogens is 251 g/mol. The van der Waals surface area contributed by atoms with E-state index in [4.69, 9.17) is 9.84 Å². The number of carbonyl (C=O) groups excluding carboxylic acids is 1. The molecule has 0 aliphatic heterocycles. The van der Waals surface area contributed by atoms with E-state index < -0.39 is 5.82 Å². The molecule has 0 spiro atoms. The highest BCUT2D eigenvalue weighted by atomic mass is 19.1. The fourth-order valence-electron chi connectivity index (χ4n) is 1.45. The van der Waals surface area contributed by atoms with Crippen LogP contribution in [0.25, 0.3) is 0 Å². The maximum Gasteiger partial charge on any atom is 0.315 e. The third kappa shape index (κ3) is 5.56. The Kier molecular flexibility index (Phi) is 6.67. The van der Waals surface area contributed by atoms with Gasteiger partial charge in [0.15, 0.2) is 11.6 Å². The first kappa shape index (κ1) is 15.2. The molecule has 3 N–H and O–H groups in total. The Morgan fingerprint density at radius 1 is 1.42 bits per heavy atom. The second-order valence-electron chi connectivity index (χ2n) is 3.88. The minimum absolute atomic E-state index is 0.0321. The number of urea groups is 1. The van der Waals surface area contributed by atoms with Crippen molar-refractivity contribution in [2.75, 3.05) is 19.8 Å². The molecule has 1 rings (SSSR count). The number of aliphatic hydroxyl groups excluding tert-OH is 1. The van der Waals surface area contributed by atoms with Crippen LogP contribution in [0.4, 0.5) is 9.18 Å². The monoisotopic (exact) mass is 270 g/mol. The van der Waals surface area contributed by atoms with Gasteiger partial charge in [0.2, 0.25) is 0 Å². The molecule has 0 saturated heterocycles. The molecule has 5 nitrogen and oxygen atoms in total. The molecule has 19 heavy (non-hydrogen) atoms. The molecule has 0 saturated carbocycles. The van der Waals surface area contributed by atoms with E-state index in [2.05, 4.69) is 10.6 Å². The van der Waals surface area contributed by atoms with E-state index in [0.717, 1.165) is 0 Å². The molecule has 1 aromatic carbocycles. The Morgan fingerprint density at radius 2 is 2.21 bits per heavy atom. The van der Waals surface area contributed by atoms with Gasteiger partial charge in [-0.05, 0) is 31.0 Å². The van der Waals surface area contributed by atoms with Crippen LogP contribution < -0.4 is 15.4 Å². The van der Waals surface area contributed by atoms with Gasteiger partial charge in [-0.2, -0.15) is 0 Å². The van der Waals surface area contributed by atoms with Crippen molar-refractivity contribution in [3.05, 3.63) is 29.6 Å². The summed E-state index contributed by atoms with van der Waals surface area (Å²) in [6.45, 7) is 2.85. The van der Waals surface area contributed by atoms with Gasteiger partial charge in [0.1, 0.15) is 0 Å². The lowest BCUT2D eigenvalue weighted by molar-refractivity contribution is 0.237. The minimum Gasteiger partial charge on any atom is -0.491 e. The van der Waals surface area contributed by atoms with Gasteiger partial charge in [-0.15, -0.1) is 0 Å². The number of rotatable bonds is 7. The van der Waals surface area contributed by atoms with E-state index in [9.17, 15) is 9.18 Å². The van der Waals surface area contributed by atoms with E-state index in [1.807, 2.05) is 0 Å². The lowest BCUT2D eigenvalue weighted by Crippen LogP contribution is -2.35. The van der Waals surface area contributed by atoms with Crippen molar-refractivity contribution in [3.8, 4) is 5.75 Å². The third-order valence-corrected chi connectivity index (χ3v) is 2.37. The van der Waals surface area contributed by atoms with Crippen molar-refractivity contribution in [2.24, 2.45) is 0 Å². The molecule has 2 amide bonds. The van der Waals surface area contributed by atoms with Crippen molar-refractivity contribution in [1.82, 2.24) is 10.6 Å². The Balaban J connectivity index is 2.41. The molecule has 0 unspecified atom stereocenters. The van der Waals surface area contributed by atoms with Crippen molar-refractivity contribution < 1.29 is 19.0 Å². The highest BCUT2D eigenvalue weighted by Crippen LogP contribution is 2.18. The summed E-state index contributed by atoms with van der Waals surface area (Å²) in [6.07, 6.45) is 0.505. The average molecular weight is 270 g/mol. The van der Waals surface area contributed by atoms with Gasteiger partial charge in [0, 0.05) is 19.7 Å². The summed E-state index contributed by atoms with van der Waals surface area (Å²) >= 11 is 0. The van der Waals surface area contributed by atoms with E-state index in [1.165, 1.54) is 6.07 Å². The fourth-order valence-corrected chi connectivity index (χ4v) is 1.45. The highest BCUT2D eigenvalue weighted by Gasteiger charge is 2.05. The zero-order chi connectivity index (χ0) is 14.1. The second kappa shape index (κ2) is 8.31.